The van der Waals surface area contributed by atoms with Crippen LogP contribution in [0, 0.1) is 24.7 Å². The van der Waals surface area contributed by atoms with Gasteiger partial charge in [-0.05, 0) is 55.0 Å². The van der Waals surface area contributed by atoms with Gasteiger partial charge in [0.25, 0.3) is 0 Å². The highest BCUT2D eigenvalue weighted by Gasteiger charge is 2.64. The van der Waals surface area contributed by atoms with E-state index < -0.39 is 57.8 Å². The molecule has 49 heavy (non-hydrogen) atoms. The molecule has 17 heteroatoms. The molecule has 0 spiro atoms. The van der Waals surface area contributed by atoms with Crippen molar-refractivity contribution in [3.8, 4) is 5.75 Å². The van der Waals surface area contributed by atoms with E-state index in [4.69, 9.17) is 9.84 Å². The smallest absolute Gasteiger partial charge is 0.471 e. The van der Waals surface area contributed by atoms with Crippen molar-refractivity contribution in [1.29, 1.82) is 0 Å². The number of hydrogen-bond donors (Lipinski definition) is 2. The number of ether oxygens (including phenoxy) is 1. The van der Waals surface area contributed by atoms with Crippen LogP contribution in [0.1, 0.15) is 77.6 Å². The number of aryl methyl sites for hydroxylation is 1. The first kappa shape index (κ1) is 36.1. The van der Waals surface area contributed by atoms with Crippen molar-refractivity contribution in [1.82, 2.24) is 19.9 Å². The molecule has 266 valence electrons. The molecule has 0 saturated heterocycles. The number of carbonyl (C=O) groups is 3. The summed E-state index contributed by atoms with van der Waals surface area (Å²) < 4.78 is 51.8. The third-order valence-electron chi connectivity index (χ3n) is 9.33. The van der Waals surface area contributed by atoms with E-state index in [2.05, 4.69) is 14.5 Å². The molecular weight excluding hydrogens is 667 g/mol. The number of aromatic nitrogens is 1. The van der Waals surface area contributed by atoms with Crippen LogP contribution < -0.4 is 4.74 Å². The second kappa shape index (κ2) is 12.0. The van der Waals surface area contributed by atoms with Gasteiger partial charge in [-0.3, -0.25) is 9.78 Å². The molecule has 4 aliphatic rings. The number of carboxylic acid groups (broad SMARTS) is 2. The molecule has 1 aromatic rings. The Hall–Kier alpha value is -4.15. The Kier molecular flexibility index (Phi) is 8.86. The van der Waals surface area contributed by atoms with Gasteiger partial charge in [-0.1, -0.05) is 41.5 Å². The number of nitrogens with zero attached hydrogens (tertiary/aromatic N) is 7. The summed E-state index contributed by atoms with van der Waals surface area (Å²) in [6.07, 6.45) is -6.68. The highest BCUT2D eigenvalue weighted by atomic mass is 32.2. The van der Waals surface area contributed by atoms with Crippen molar-refractivity contribution < 1.29 is 42.5 Å². The fourth-order valence-corrected chi connectivity index (χ4v) is 8.79. The zero-order valence-electron chi connectivity index (χ0n) is 28.8. The normalized spacial score (nSPS) is 20.5. The monoisotopic (exact) mass is 707 g/mol. The van der Waals surface area contributed by atoms with Crippen LogP contribution in [0.4, 0.5) is 22.8 Å². The van der Waals surface area contributed by atoms with E-state index in [-0.39, 0.29) is 34.9 Å². The zero-order valence-corrected chi connectivity index (χ0v) is 29.6. The largest absolute Gasteiger partial charge is 0.496 e. The first-order valence-corrected chi connectivity index (χ1v) is 16.4. The predicted octanol–water partition coefficient (Wildman–Crippen LogP) is 6.41. The fourth-order valence-electron chi connectivity index (χ4n) is 7.51. The minimum Gasteiger partial charge on any atom is -0.496 e. The van der Waals surface area contributed by atoms with Crippen LogP contribution >= 0.6 is 11.9 Å². The third-order valence-corrected chi connectivity index (χ3v) is 11.3. The van der Waals surface area contributed by atoms with E-state index in [1.807, 2.05) is 48.5 Å². The number of pyridine rings is 1. The zero-order chi connectivity index (χ0) is 36.6. The van der Waals surface area contributed by atoms with Gasteiger partial charge in [0.15, 0.2) is 5.84 Å². The number of alkyl halides is 3. The SMILES string of the molecule is COc1c(C)cnc(CN2N=C3CC(N(C(=O)C(F)(F)F)C4CC4)C4=C3C(=N2)C(N(C(=O)O)C(=O)O)=NSC4(C(C)(C)C)C(C)(C)C)c1C. The summed E-state index contributed by atoms with van der Waals surface area (Å²) >= 11 is 0.888. The topological polar surface area (TPSA) is 161 Å². The molecule has 1 saturated carbocycles. The summed E-state index contributed by atoms with van der Waals surface area (Å²) in [5.74, 6) is -1.95. The molecule has 5 rings (SSSR count). The molecule has 0 radical (unpaired) electrons. The number of halogens is 3. The van der Waals surface area contributed by atoms with Crippen molar-refractivity contribution in [3.63, 3.8) is 0 Å². The van der Waals surface area contributed by atoms with Gasteiger partial charge in [0, 0.05) is 35.4 Å². The van der Waals surface area contributed by atoms with Gasteiger partial charge < -0.3 is 19.8 Å². The first-order chi connectivity index (χ1) is 22.6. The lowest BCUT2D eigenvalue weighted by Gasteiger charge is -2.54. The van der Waals surface area contributed by atoms with Gasteiger partial charge in [0.05, 0.1) is 29.3 Å². The summed E-state index contributed by atoms with van der Waals surface area (Å²) in [5.41, 5.74) is 0.923. The fraction of sp³-hybridized carbons (Fsp3) is 0.594. The number of amides is 3. The maximum atomic E-state index is 14.3. The van der Waals surface area contributed by atoms with E-state index in [0.29, 0.717) is 35.4 Å². The van der Waals surface area contributed by atoms with Crippen molar-refractivity contribution in [2.24, 2.45) is 25.4 Å². The van der Waals surface area contributed by atoms with Crippen LogP contribution in [0.3, 0.4) is 0 Å². The van der Waals surface area contributed by atoms with Crippen molar-refractivity contribution in [2.45, 2.75) is 104 Å². The lowest BCUT2D eigenvalue weighted by Crippen LogP contribution is -2.58. The second-order valence-electron chi connectivity index (χ2n) is 14.6. The summed E-state index contributed by atoms with van der Waals surface area (Å²) in [5, 5.41) is 30.8. The molecule has 1 aromatic heterocycles. The summed E-state index contributed by atoms with van der Waals surface area (Å²) in [6, 6.07) is -1.85. The van der Waals surface area contributed by atoms with E-state index >= 15 is 0 Å². The standard InChI is InChI=1S/C32H40F3N7O6S/c1-15-13-36-19(16(2)24(15)48-9)14-40-37-18-12-20(41(17-10-11-17)26(43)32(33,34)35)22-21(18)23(38-40)25(42(27(44)45)28(46)47)39-49-31(22,29(3,4)5)30(6,7)8/h13,17,20H,10-12,14H2,1-9H3,(H,44,45)(H,46,47). The Bertz CT molecular complexity index is 1710. The molecule has 3 amide bonds. The van der Waals surface area contributed by atoms with Crippen LogP contribution in [0.5, 0.6) is 5.75 Å². The minimum absolute atomic E-state index is 0.0459. The maximum Gasteiger partial charge on any atom is 0.471 e. The Morgan fingerprint density at radius 2 is 1.63 bits per heavy atom. The maximum absolute atomic E-state index is 14.3. The molecule has 2 N–H and O–H groups in total. The molecule has 1 fully saturated rings. The molecular formula is C32H40F3N7O6S. The number of carbonyl (C=O) groups excluding carboxylic acids is 1. The molecule has 2 aliphatic carbocycles. The molecule has 0 bridgehead atoms. The number of methoxy groups -OCH3 is 1. The highest BCUT2D eigenvalue weighted by molar-refractivity contribution is 8.00. The number of hydrogen-bond acceptors (Lipinski definition) is 10. The first-order valence-electron chi connectivity index (χ1n) is 15.7. The van der Waals surface area contributed by atoms with E-state index in [0.717, 1.165) is 22.4 Å². The van der Waals surface area contributed by atoms with Gasteiger partial charge in [-0.25, -0.2) is 9.59 Å². The number of rotatable bonds is 5. The van der Waals surface area contributed by atoms with Gasteiger partial charge in [0.1, 0.15) is 18.0 Å². The minimum atomic E-state index is -5.17. The van der Waals surface area contributed by atoms with Gasteiger partial charge >= 0.3 is 24.3 Å². The van der Waals surface area contributed by atoms with Crippen molar-refractivity contribution >= 4 is 47.3 Å². The summed E-state index contributed by atoms with van der Waals surface area (Å²) in [6.45, 7) is 14.8. The molecule has 1 unspecified atom stereocenters. The average molecular weight is 708 g/mol. The highest BCUT2D eigenvalue weighted by Crippen LogP contribution is 2.63. The van der Waals surface area contributed by atoms with E-state index in [9.17, 15) is 37.8 Å². The van der Waals surface area contributed by atoms with Crippen LogP contribution in [0.25, 0.3) is 0 Å². The second-order valence-corrected chi connectivity index (χ2v) is 15.6. The van der Waals surface area contributed by atoms with E-state index in [1.54, 1.807) is 13.1 Å². The summed E-state index contributed by atoms with van der Waals surface area (Å²) in [4.78, 5) is 43.7. The van der Waals surface area contributed by atoms with Gasteiger partial charge in [-0.2, -0.15) is 37.8 Å². The third kappa shape index (κ3) is 5.93. The van der Waals surface area contributed by atoms with Crippen molar-refractivity contribution in [2.75, 3.05) is 7.11 Å². The Morgan fingerprint density at radius 3 is 2.12 bits per heavy atom. The number of amidine groups is 1. The molecule has 1 atom stereocenters. The molecule has 2 aliphatic heterocycles. The number of hydrazone groups is 2. The lowest BCUT2D eigenvalue weighted by atomic mass is 9.60. The van der Waals surface area contributed by atoms with Crippen LogP contribution in [0.2, 0.25) is 0 Å². The Balaban J connectivity index is 1.85. The van der Waals surface area contributed by atoms with Gasteiger partial charge in [0.2, 0.25) is 0 Å². The van der Waals surface area contributed by atoms with Crippen LogP contribution in [0.15, 0.2) is 31.9 Å². The van der Waals surface area contributed by atoms with E-state index in [1.165, 1.54) is 12.2 Å². The molecule has 13 nitrogen and oxygen atoms in total. The predicted molar refractivity (Wildman–Crippen MR) is 177 cm³/mol. The molecule has 0 aromatic carbocycles. The Labute approximate surface area is 286 Å². The summed E-state index contributed by atoms with van der Waals surface area (Å²) in [7, 11) is 1.51. The quantitative estimate of drug-likeness (QED) is 0.330. The van der Waals surface area contributed by atoms with Crippen LogP contribution in [-0.4, -0.2) is 95.6 Å². The van der Waals surface area contributed by atoms with Crippen molar-refractivity contribution in [3.05, 3.63) is 34.2 Å². The lowest BCUT2D eigenvalue weighted by molar-refractivity contribution is -0.187. The Morgan fingerprint density at radius 1 is 1.04 bits per heavy atom. The van der Waals surface area contributed by atoms with Gasteiger partial charge in [-0.15, -0.1) is 0 Å². The average Bonchev–Trinajstić information content (AvgIpc) is 3.74. The number of imide groups is 1. The molecule has 3 heterocycles. The van der Waals surface area contributed by atoms with Crippen LogP contribution in [-0.2, 0) is 11.3 Å².